The number of hydrogen-bond acceptors (Lipinski definition) is 5. The van der Waals surface area contributed by atoms with Gasteiger partial charge in [0.1, 0.15) is 0 Å². The first-order chi connectivity index (χ1) is 13.3. The van der Waals surface area contributed by atoms with Gasteiger partial charge in [0, 0.05) is 6.20 Å². The molecule has 5 heteroatoms. The Labute approximate surface area is 157 Å². The minimum atomic E-state index is -0.157. The highest BCUT2D eigenvalue weighted by atomic mass is 16.3. The van der Waals surface area contributed by atoms with Crippen LogP contribution in [0, 0.1) is 11.3 Å². The molecule has 0 saturated carbocycles. The second kappa shape index (κ2) is 7.42. The zero-order valence-electron chi connectivity index (χ0n) is 14.6. The summed E-state index contributed by atoms with van der Waals surface area (Å²) in [7, 11) is 0. The maximum Gasteiger partial charge on any atom is 0.0995 e. The molecule has 2 aromatic carbocycles. The third kappa shape index (κ3) is 3.32. The van der Waals surface area contributed by atoms with Crippen LogP contribution in [0.2, 0.25) is 0 Å². The van der Waals surface area contributed by atoms with E-state index in [9.17, 15) is 10.4 Å². The minimum absolute atomic E-state index is 0.0228. The Morgan fingerprint density at radius 1 is 1.07 bits per heavy atom. The second-order valence-corrected chi connectivity index (χ2v) is 6.24. The largest absolute Gasteiger partial charge is 0.392 e. The van der Waals surface area contributed by atoms with Crippen LogP contribution >= 0.6 is 0 Å². The fourth-order valence-electron chi connectivity index (χ4n) is 3.23. The SMILES string of the molecule is N#Cc1ccccc1C1C=C(c2ccccn2)N(c2cccc(CO)c2)N1. The number of aliphatic hydroxyl groups is 1. The first-order valence-corrected chi connectivity index (χ1v) is 8.68. The first-order valence-electron chi connectivity index (χ1n) is 8.68. The van der Waals surface area contributed by atoms with Crippen molar-refractivity contribution in [2.24, 2.45) is 0 Å². The first kappa shape index (κ1) is 17.0. The molecular formula is C22H18N4O. The van der Waals surface area contributed by atoms with Crippen LogP contribution in [0.15, 0.2) is 79.0 Å². The molecule has 1 aliphatic heterocycles. The molecular weight excluding hydrogens is 336 g/mol. The highest BCUT2D eigenvalue weighted by molar-refractivity contribution is 5.80. The van der Waals surface area contributed by atoms with Gasteiger partial charge >= 0.3 is 0 Å². The Bertz CT molecular complexity index is 1020. The molecule has 132 valence electrons. The van der Waals surface area contributed by atoms with E-state index in [0.29, 0.717) is 5.56 Å². The van der Waals surface area contributed by atoms with Crippen molar-refractivity contribution in [3.63, 3.8) is 0 Å². The summed E-state index contributed by atoms with van der Waals surface area (Å²) in [6, 6.07) is 23.2. The molecule has 1 atom stereocenters. The van der Waals surface area contributed by atoms with Gasteiger partial charge in [-0.05, 0) is 47.5 Å². The van der Waals surface area contributed by atoms with Gasteiger partial charge in [-0.2, -0.15) is 5.26 Å². The summed E-state index contributed by atoms with van der Waals surface area (Å²) >= 11 is 0. The lowest BCUT2D eigenvalue weighted by molar-refractivity contribution is 0.282. The van der Waals surface area contributed by atoms with Gasteiger partial charge in [0.15, 0.2) is 0 Å². The van der Waals surface area contributed by atoms with Crippen LogP contribution in [0.4, 0.5) is 5.69 Å². The quantitative estimate of drug-likeness (QED) is 0.750. The fraction of sp³-hybridized carbons (Fsp3) is 0.0909. The van der Waals surface area contributed by atoms with Crippen LogP contribution < -0.4 is 10.4 Å². The number of rotatable bonds is 4. The van der Waals surface area contributed by atoms with Gasteiger partial charge < -0.3 is 5.11 Å². The van der Waals surface area contributed by atoms with Crippen LogP contribution in [0.1, 0.15) is 28.4 Å². The zero-order valence-corrected chi connectivity index (χ0v) is 14.6. The van der Waals surface area contributed by atoms with E-state index < -0.39 is 0 Å². The molecule has 3 aromatic rings. The standard InChI is InChI=1S/C22H18N4O/c23-14-17-7-1-2-9-19(17)21-13-22(20-10-3-4-11-24-20)26(25-21)18-8-5-6-16(12-18)15-27/h1-13,21,25,27H,15H2. The molecule has 0 amide bonds. The Hall–Kier alpha value is -3.46. The Morgan fingerprint density at radius 3 is 2.70 bits per heavy atom. The van der Waals surface area contributed by atoms with Crippen molar-refractivity contribution in [2.75, 3.05) is 5.01 Å². The van der Waals surface area contributed by atoms with Crippen LogP contribution in [-0.2, 0) is 6.61 Å². The van der Waals surface area contributed by atoms with Crippen molar-refractivity contribution in [1.82, 2.24) is 10.4 Å². The van der Waals surface area contributed by atoms with E-state index in [1.165, 1.54) is 0 Å². The summed E-state index contributed by atoms with van der Waals surface area (Å²) in [5, 5.41) is 20.9. The lowest BCUT2D eigenvalue weighted by Gasteiger charge is -2.24. The number of nitrogens with one attached hydrogen (secondary N) is 1. The molecule has 4 rings (SSSR count). The molecule has 2 heterocycles. The summed E-state index contributed by atoms with van der Waals surface area (Å²) in [5.41, 5.74) is 8.48. The van der Waals surface area contributed by atoms with Crippen LogP contribution in [0.25, 0.3) is 5.70 Å². The van der Waals surface area contributed by atoms with E-state index in [4.69, 9.17) is 0 Å². The van der Waals surface area contributed by atoms with Crippen molar-refractivity contribution < 1.29 is 5.11 Å². The van der Waals surface area contributed by atoms with E-state index in [-0.39, 0.29) is 12.6 Å². The molecule has 0 fully saturated rings. The Kier molecular flexibility index (Phi) is 4.67. The lowest BCUT2D eigenvalue weighted by Crippen LogP contribution is -2.33. The van der Waals surface area contributed by atoms with Crippen molar-refractivity contribution in [1.29, 1.82) is 5.26 Å². The summed E-state index contributed by atoms with van der Waals surface area (Å²) in [4.78, 5) is 4.49. The van der Waals surface area contributed by atoms with Crippen LogP contribution in [0.3, 0.4) is 0 Å². The van der Waals surface area contributed by atoms with E-state index >= 15 is 0 Å². The molecule has 2 N–H and O–H groups in total. The summed E-state index contributed by atoms with van der Waals surface area (Å²) in [6.07, 6.45) is 3.83. The maximum atomic E-state index is 9.48. The molecule has 0 aliphatic carbocycles. The average Bonchev–Trinajstić information content (AvgIpc) is 3.19. The fourth-order valence-corrected chi connectivity index (χ4v) is 3.23. The smallest absolute Gasteiger partial charge is 0.0995 e. The lowest BCUT2D eigenvalue weighted by atomic mass is 10.0. The van der Waals surface area contributed by atoms with Gasteiger partial charge in [0.25, 0.3) is 0 Å². The summed E-state index contributed by atoms with van der Waals surface area (Å²) < 4.78 is 0. The van der Waals surface area contributed by atoms with Gasteiger partial charge in [-0.15, -0.1) is 0 Å². The molecule has 0 radical (unpaired) electrons. The molecule has 1 aromatic heterocycles. The van der Waals surface area contributed by atoms with Gasteiger partial charge in [-0.25, -0.2) is 5.43 Å². The summed E-state index contributed by atoms with van der Waals surface area (Å²) in [6.45, 7) is -0.0228. The topological polar surface area (TPSA) is 72.2 Å². The average molecular weight is 354 g/mol. The molecule has 27 heavy (non-hydrogen) atoms. The third-order valence-electron chi connectivity index (χ3n) is 4.53. The number of hydrazine groups is 1. The molecule has 1 aliphatic rings. The van der Waals surface area contributed by atoms with Gasteiger partial charge in [-0.1, -0.05) is 36.4 Å². The molecule has 0 spiro atoms. The highest BCUT2D eigenvalue weighted by Crippen LogP contribution is 2.34. The van der Waals surface area contributed by atoms with E-state index in [1.807, 2.05) is 71.7 Å². The van der Waals surface area contributed by atoms with E-state index in [2.05, 4.69) is 22.6 Å². The molecule has 0 saturated heterocycles. The zero-order chi connectivity index (χ0) is 18.6. The van der Waals surface area contributed by atoms with Gasteiger partial charge in [0.2, 0.25) is 0 Å². The van der Waals surface area contributed by atoms with Crippen LogP contribution in [0.5, 0.6) is 0 Å². The maximum absolute atomic E-state index is 9.48. The van der Waals surface area contributed by atoms with E-state index in [0.717, 1.165) is 28.2 Å². The predicted molar refractivity (Wildman–Crippen MR) is 104 cm³/mol. The molecule has 5 nitrogen and oxygen atoms in total. The monoisotopic (exact) mass is 354 g/mol. The number of nitrogens with zero attached hydrogens (tertiary/aromatic N) is 3. The van der Waals surface area contributed by atoms with Crippen molar-refractivity contribution in [3.05, 3.63) is 101 Å². The number of benzene rings is 2. The predicted octanol–water partition coefficient (Wildman–Crippen LogP) is 3.55. The number of pyridine rings is 1. The Morgan fingerprint density at radius 2 is 1.93 bits per heavy atom. The number of anilines is 1. The minimum Gasteiger partial charge on any atom is -0.392 e. The molecule has 0 bridgehead atoms. The van der Waals surface area contributed by atoms with Crippen molar-refractivity contribution in [3.8, 4) is 6.07 Å². The molecule has 1 unspecified atom stereocenters. The van der Waals surface area contributed by atoms with Gasteiger partial charge in [-0.3, -0.25) is 9.99 Å². The van der Waals surface area contributed by atoms with Gasteiger partial charge in [0.05, 0.1) is 41.4 Å². The van der Waals surface area contributed by atoms with E-state index in [1.54, 1.807) is 6.20 Å². The number of nitriles is 1. The van der Waals surface area contributed by atoms with Crippen molar-refractivity contribution in [2.45, 2.75) is 12.6 Å². The Balaban J connectivity index is 1.79. The van der Waals surface area contributed by atoms with Crippen LogP contribution in [-0.4, -0.2) is 10.1 Å². The summed E-state index contributed by atoms with van der Waals surface area (Å²) in [5.74, 6) is 0. The normalized spacial score (nSPS) is 16.1. The number of aliphatic hydroxyl groups excluding tert-OH is 1. The third-order valence-corrected chi connectivity index (χ3v) is 4.53. The van der Waals surface area contributed by atoms with Crippen molar-refractivity contribution >= 4 is 11.4 Å². The second-order valence-electron chi connectivity index (χ2n) is 6.24. The number of hydrogen-bond donors (Lipinski definition) is 2. The highest BCUT2D eigenvalue weighted by Gasteiger charge is 2.28. The number of aromatic nitrogens is 1.